The van der Waals surface area contributed by atoms with Gasteiger partial charge in [-0.1, -0.05) is 41.4 Å². The zero-order valence-electron chi connectivity index (χ0n) is 17.2. The predicted molar refractivity (Wildman–Crippen MR) is 125 cm³/mol. The number of hydrogen-bond donors (Lipinski definition) is 1. The number of nitriles is 1. The summed E-state index contributed by atoms with van der Waals surface area (Å²) in [6.45, 7) is 0. The first-order valence-corrected chi connectivity index (χ1v) is 10.9. The van der Waals surface area contributed by atoms with Gasteiger partial charge in [0.1, 0.15) is 17.5 Å². The molecule has 1 amide bonds. The number of fused-ring (bicyclic) bond motifs is 1. The second-order valence-electron chi connectivity index (χ2n) is 7.32. The van der Waals surface area contributed by atoms with Crippen molar-refractivity contribution >= 4 is 32.9 Å². The number of anilines is 1. The number of benzene rings is 1. The standard InChI is InChI=1S/C25H14N6OS/c1-2-16-5-3-4-6-19(16)20-11-18(12-26)27-14-21(20)23(32)31-25-30-22-24(33-25)29-17(13-28-22)10-9-15-7-8-15/h1,3-6,11,13-15H,7-8H2,(H,28,30,31,32). The van der Waals surface area contributed by atoms with Crippen LogP contribution in [0.25, 0.3) is 21.6 Å². The molecule has 0 spiro atoms. The Hall–Kier alpha value is -4.58. The fourth-order valence-electron chi connectivity index (χ4n) is 3.17. The van der Waals surface area contributed by atoms with Gasteiger partial charge in [-0.2, -0.15) is 10.2 Å². The largest absolute Gasteiger partial charge is 0.298 e. The van der Waals surface area contributed by atoms with E-state index in [1.807, 2.05) is 18.2 Å². The molecule has 7 nitrogen and oxygen atoms in total. The van der Waals surface area contributed by atoms with Crippen molar-refractivity contribution in [1.29, 1.82) is 5.26 Å². The third-order valence-corrected chi connectivity index (χ3v) is 5.82. The molecule has 1 N–H and O–H groups in total. The Kier molecular flexibility index (Phi) is 5.24. The molecule has 0 atom stereocenters. The van der Waals surface area contributed by atoms with Crippen LogP contribution in [0.1, 0.15) is 40.2 Å². The van der Waals surface area contributed by atoms with Crippen molar-refractivity contribution in [3.05, 3.63) is 65.2 Å². The van der Waals surface area contributed by atoms with Crippen LogP contribution in [-0.2, 0) is 0 Å². The van der Waals surface area contributed by atoms with E-state index in [9.17, 15) is 10.1 Å². The Morgan fingerprint density at radius 1 is 1.12 bits per heavy atom. The van der Waals surface area contributed by atoms with E-state index >= 15 is 0 Å². The summed E-state index contributed by atoms with van der Waals surface area (Å²) in [5, 5.41) is 12.4. The lowest BCUT2D eigenvalue weighted by atomic mass is 9.96. The number of pyridine rings is 1. The summed E-state index contributed by atoms with van der Waals surface area (Å²) in [7, 11) is 0. The average Bonchev–Trinajstić information content (AvgIpc) is 3.60. The van der Waals surface area contributed by atoms with Crippen molar-refractivity contribution < 1.29 is 4.79 Å². The Labute approximate surface area is 193 Å². The molecule has 1 saturated carbocycles. The third-order valence-electron chi connectivity index (χ3n) is 4.96. The van der Waals surface area contributed by atoms with Gasteiger partial charge in [0, 0.05) is 23.2 Å². The Morgan fingerprint density at radius 2 is 1.97 bits per heavy atom. The SMILES string of the molecule is C#Cc1ccccc1-c1cc(C#N)ncc1C(=O)Nc1nc2ncc(C#CC3CC3)nc2s1. The minimum atomic E-state index is -0.429. The smallest absolute Gasteiger partial charge is 0.259 e. The summed E-state index contributed by atoms with van der Waals surface area (Å²) in [4.78, 5) is 30.9. The lowest BCUT2D eigenvalue weighted by Gasteiger charge is -2.11. The minimum Gasteiger partial charge on any atom is -0.298 e. The lowest BCUT2D eigenvalue weighted by molar-refractivity contribution is 0.102. The second-order valence-corrected chi connectivity index (χ2v) is 8.30. The number of carbonyl (C=O) groups excluding carboxylic acids is 1. The van der Waals surface area contributed by atoms with E-state index in [0.717, 1.165) is 12.8 Å². The van der Waals surface area contributed by atoms with Gasteiger partial charge < -0.3 is 0 Å². The Morgan fingerprint density at radius 3 is 2.76 bits per heavy atom. The molecule has 5 rings (SSSR count). The molecule has 3 aromatic heterocycles. The first kappa shape index (κ1) is 20.3. The van der Waals surface area contributed by atoms with E-state index in [-0.39, 0.29) is 11.3 Å². The number of terminal acetylenes is 1. The van der Waals surface area contributed by atoms with Crippen molar-refractivity contribution in [3.8, 4) is 41.4 Å². The molecule has 1 aliphatic carbocycles. The molecule has 156 valence electrons. The molecular formula is C25H14N6OS. The molecule has 1 aliphatic rings. The fourth-order valence-corrected chi connectivity index (χ4v) is 3.96. The van der Waals surface area contributed by atoms with E-state index in [2.05, 4.69) is 43.0 Å². The van der Waals surface area contributed by atoms with Gasteiger partial charge in [-0.25, -0.2) is 15.0 Å². The number of aromatic nitrogens is 4. The van der Waals surface area contributed by atoms with E-state index in [1.54, 1.807) is 24.4 Å². The molecule has 1 fully saturated rings. The lowest BCUT2D eigenvalue weighted by Crippen LogP contribution is -2.14. The van der Waals surface area contributed by atoms with Gasteiger partial charge in [0.05, 0.1) is 11.8 Å². The van der Waals surface area contributed by atoms with Crippen LogP contribution in [0.3, 0.4) is 0 Å². The van der Waals surface area contributed by atoms with Crippen LogP contribution in [-0.4, -0.2) is 25.8 Å². The van der Waals surface area contributed by atoms with Gasteiger partial charge in [-0.05, 0) is 36.5 Å². The second kappa shape index (κ2) is 8.51. The van der Waals surface area contributed by atoms with E-state index in [0.29, 0.717) is 43.9 Å². The molecule has 0 saturated heterocycles. The van der Waals surface area contributed by atoms with Gasteiger partial charge in [0.2, 0.25) is 0 Å². The Balaban J connectivity index is 1.48. The minimum absolute atomic E-state index is 0.182. The summed E-state index contributed by atoms with van der Waals surface area (Å²) in [6.07, 6.45) is 10.9. The number of thiazole rings is 1. The zero-order valence-corrected chi connectivity index (χ0v) is 18.0. The first-order chi connectivity index (χ1) is 16.1. The third kappa shape index (κ3) is 4.27. The fraction of sp³-hybridized carbons (Fsp3) is 0.120. The van der Waals surface area contributed by atoms with E-state index in [4.69, 9.17) is 6.42 Å². The van der Waals surface area contributed by atoms with E-state index < -0.39 is 5.91 Å². The molecule has 8 heteroatoms. The highest BCUT2D eigenvalue weighted by Crippen LogP contribution is 2.30. The van der Waals surface area contributed by atoms with Crippen LogP contribution < -0.4 is 5.32 Å². The normalized spacial score (nSPS) is 12.3. The van der Waals surface area contributed by atoms with Crippen molar-refractivity contribution in [2.24, 2.45) is 5.92 Å². The predicted octanol–water partition coefficient (Wildman–Crippen LogP) is 4.02. The number of hydrogen-bond acceptors (Lipinski definition) is 7. The first-order valence-electron chi connectivity index (χ1n) is 10.1. The average molecular weight is 446 g/mol. The van der Waals surface area contributed by atoms with Crippen molar-refractivity contribution in [3.63, 3.8) is 0 Å². The molecule has 1 aromatic carbocycles. The quantitative estimate of drug-likeness (QED) is 0.477. The molecule has 0 unspecified atom stereocenters. The molecule has 33 heavy (non-hydrogen) atoms. The summed E-state index contributed by atoms with van der Waals surface area (Å²) in [5.41, 5.74) is 3.26. The van der Waals surface area contributed by atoms with Crippen molar-refractivity contribution in [1.82, 2.24) is 19.9 Å². The Bertz CT molecular complexity index is 1560. The van der Waals surface area contributed by atoms with Crippen LogP contribution in [0.2, 0.25) is 0 Å². The van der Waals surface area contributed by atoms with Gasteiger partial charge >= 0.3 is 0 Å². The topological polar surface area (TPSA) is 104 Å². The molecule has 0 bridgehead atoms. The maximum absolute atomic E-state index is 13.2. The highest BCUT2D eigenvalue weighted by Gasteiger charge is 2.19. The van der Waals surface area contributed by atoms with Crippen LogP contribution in [0.5, 0.6) is 0 Å². The molecular weight excluding hydrogens is 432 g/mol. The number of amides is 1. The van der Waals surface area contributed by atoms with E-state index in [1.165, 1.54) is 17.5 Å². The monoisotopic (exact) mass is 446 g/mol. The number of carbonyl (C=O) groups is 1. The molecule has 0 radical (unpaired) electrons. The van der Waals surface area contributed by atoms with Gasteiger partial charge in [-0.3, -0.25) is 10.1 Å². The van der Waals surface area contributed by atoms with Crippen molar-refractivity contribution in [2.75, 3.05) is 5.32 Å². The van der Waals surface area contributed by atoms with Crippen molar-refractivity contribution in [2.45, 2.75) is 12.8 Å². The molecule has 4 aromatic rings. The number of nitrogens with one attached hydrogen (secondary N) is 1. The molecule has 0 aliphatic heterocycles. The summed E-state index contributed by atoms with van der Waals surface area (Å²) in [6, 6.07) is 10.8. The maximum atomic E-state index is 13.2. The number of rotatable bonds is 3. The summed E-state index contributed by atoms with van der Waals surface area (Å²) >= 11 is 1.21. The highest BCUT2D eigenvalue weighted by atomic mass is 32.1. The van der Waals surface area contributed by atoms with Crippen LogP contribution in [0.15, 0.2) is 42.7 Å². The van der Waals surface area contributed by atoms with Crippen LogP contribution >= 0.6 is 11.3 Å². The van der Waals surface area contributed by atoms with Gasteiger partial charge in [0.25, 0.3) is 5.91 Å². The van der Waals surface area contributed by atoms with Crippen LogP contribution in [0.4, 0.5) is 5.13 Å². The highest BCUT2D eigenvalue weighted by molar-refractivity contribution is 7.21. The van der Waals surface area contributed by atoms with Gasteiger partial charge in [-0.15, -0.1) is 6.42 Å². The summed E-state index contributed by atoms with van der Waals surface area (Å²) in [5.74, 6) is 8.85. The molecule has 3 heterocycles. The van der Waals surface area contributed by atoms with Crippen LogP contribution in [0, 0.1) is 41.4 Å². The summed E-state index contributed by atoms with van der Waals surface area (Å²) < 4.78 is 0. The number of nitrogens with zero attached hydrogens (tertiary/aromatic N) is 5. The maximum Gasteiger partial charge on any atom is 0.259 e. The van der Waals surface area contributed by atoms with Gasteiger partial charge in [0.15, 0.2) is 15.6 Å². The zero-order chi connectivity index (χ0) is 22.8.